The summed E-state index contributed by atoms with van der Waals surface area (Å²) < 4.78 is 5.68. The summed E-state index contributed by atoms with van der Waals surface area (Å²) in [5, 5.41) is 29.5. The molecule has 28 heavy (non-hydrogen) atoms. The van der Waals surface area contributed by atoms with Gasteiger partial charge in [-0.05, 0) is 23.3 Å². The van der Waals surface area contributed by atoms with Gasteiger partial charge >= 0.3 is 5.97 Å². The molecule has 1 aromatic rings. The summed E-state index contributed by atoms with van der Waals surface area (Å²) in [4.78, 5) is 24.4. The first-order valence-corrected chi connectivity index (χ1v) is 9.49. The topological polar surface area (TPSA) is 107 Å². The third-order valence-electron chi connectivity index (χ3n) is 4.01. The maximum absolute atomic E-state index is 12.3. The number of aliphatic hydroxyl groups is 2. The molecule has 0 unspecified atom stereocenters. The van der Waals surface area contributed by atoms with Gasteiger partial charge in [-0.15, -0.1) is 0 Å². The molecule has 9 heteroatoms. The van der Waals surface area contributed by atoms with Crippen molar-refractivity contribution in [1.82, 2.24) is 4.90 Å². The normalized spacial score (nSPS) is 20.2. The van der Waals surface area contributed by atoms with Crippen LogP contribution in [0, 0.1) is 0 Å². The summed E-state index contributed by atoms with van der Waals surface area (Å²) in [6.45, 7) is -0.324. The highest BCUT2D eigenvalue weighted by molar-refractivity contribution is 8.26. The van der Waals surface area contributed by atoms with Crippen LogP contribution < -0.4 is 0 Å². The first-order valence-electron chi connectivity index (χ1n) is 8.26. The zero-order valence-corrected chi connectivity index (χ0v) is 16.2. The number of carbonyl (C=O) groups excluding carboxylic acids is 1. The van der Waals surface area contributed by atoms with E-state index in [1.165, 1.54) is 12.2 Å². The number of carbonyl (C=O) groups is 2. The lowest BCUT2D eigenvalue weighted by atomic mass is 9.97. The van der Waals surface area contributed by atoms with Crippen molar-refractivity contribution in [3.05, 3.63) is 70.4 Å². The van der Waals surface area contributed by atoms with E-state index in [4.69, 9.17) is 22.1 Å². The number of nitrogens with zero attached hydrogens (tertiary/aromatic N) is 1. The van der Waals surface area contributed by atoms with Crippen LogP contribution in [0.4, 0.5) is 0 Å². The summed E-state index contributed by atoms with van der Waals surface area (Å²) in [6, 6.07) is 9.32. The molecule has 1 saturated heterocycles. The van der Waals surface area contributed by atoms with Crippen molar-refractivity contribution in [3.63, 3.8) is 0 Å². The highest BCUT2D eigenvalue weighted by Crippen LogP contribution is 2.35. The van der Waals surface area contributed by atoms with Crippen molar-refractivity contribution in [2.24, 2.45) is 0 Å². The molecule has 0 atom stereocenters. The molecule has 1 aliphatic heterocycles. The van der Waals surface area contributed by atoms with E-state index >= 15 is 0 Å². The van der Waals surface area contributed by atoms with Crippen LogP contribution in [0.2, 0.25) is 0 Å². The van der Waals surface area contributed by atoms with Gasteiger partial charge < -0.3 is 20.1 Å². The van der Waals surface area contributed by atoms with Crippen molar-refractivity contribution in [3.8, 4) is 0 Å². The van der Waals surface area contributed by atoms with Crippen LogP contribution in [0.25, 0.3) is 0 Å². The SMILES string of the molecule is O=C(O)CN1C(=O)C(=CC2=CC=C(OCc3ccccc3)C(O)(O)C2)SC1=S. The number of amides is 1. The average molecular weight is 419 g/mol. The van der Waals surface area contributed by atoms with Crippen LogP contribution >= 0.6 is 24.0 Å². The molecular weight excluding hydrogens is 402 g/mol. The average Bonchev–Trinajstić information content (AvgIpc) is 2.88. The van der Waals surface area contributed by atoms with Crippen LogP contribution in [0.3, 0.4) is 0 Å². The van der Waals surface area contributed by atoms with Crippen molar-refractivity contribution in [2.45, 2.75) is 18.8 Å². The molecule has 7 nitrogen and oxygen atoms in total. The lowest BCUT2D eigenvalue weighted by molar-refractivity contribution is -0.160. The van der Waals surface area contributed by atoms with Crippen molar-refractivity contribution in [1.29, 1.82) is 0 Å². The highest BCUT2D eigenvalue weighted by Gasteiger charge is 2.36. The molecule has 146 valence electrons. The van der Waals surface area contributed by atoms with Gasteiger partial charge in [0.2, 0.25) is 5.79 Å². The molecule has 0 radical (unpaired) electrons. The summed E-state index contributed by atoms with van der Waals surface area (Å²) in [7, 11) is 0. The monoisotopic (exact) mass is 419 g/mol. The summed E-state index contributed by atoms with van der Waals surface area (Å²) in [5.74, 6) is -3.90. The maximum Gasteiger partial charge on any atom is 0.323 e. The van der Waals surface area contributed by atoms with Gasteiger partial charge in [0, 0.05) is 6.42 Å². The zero-order valence-electron chi connectivity index (χ0n) is 14.6. The number of thiocarbonyl (C=S) groups is 1. The molecule has 1 amide bonds. The molecule has 2 aliphatic rings. The standard InChI is InChI=1S/C19H17NO6S2/c21-16(22)10-20-17(23)14(28-18(20)27)8-13-6-7-15(19(24,25)9-13)26-11-12-4-2-1-3-5-12/h1-8,24-25H,9-11H2,(H,21,22). The predicted octanol–water partition coefficient (Wildman–Crippen LogP) is 1.93. The van der Waals surface area contributed by atoms with E-state index in [-0.39, 0.29) is 28.0 Å². The van der Waals surface area contributed by atoms with Gasteiger partial charge in [0.05, 0.1) is 4.91 Å². The minimum Gasteiger partial charge on any atom is -0.488 e. The van der Waals surface area contributed by atoms with E-state index in [2.05, 4.69) is 0 Å². The molecule has 3 rings (SSSR count). The fourth-order valence-electron chi connectivity index (χ4n) is 2.68. The summed E-state index contributed by atoms with van der Waals surface area (Å²) in [5.41, 5.74) is 1.36. The smallest absolute Gasteiger partial charge is 0.323 e. The first-order chi connectivity index (χ1) is 13.3. The molecule has 1 aromatic carbocycles. The molecular formula is C19H17NO6S2. The summed E-state index contributed by atoms with van der Waals surface area (Å²) in [6.07, 6.45) is 4.36. The lowest BCUT2D eigenvalue weighted by Crippen LogP contribution is -2.34. The van der Waals surface area contributed by atoms with Crippen LogP contribution in [-0.2, 0) is 20.9 Å². The Hall–Kier alpha value is -2.46. The third kappa shape index (κ3) is 4.68. The van der Waals surface area contributed by atoms with Gasteiger partial charge in [0.15, 0.2) is 5.76 Å². The van der Waals surface area contributed by atoms with Crippen LogP contribution in [0.1, 0.15) is 12.0 Å². The Bertz CT molecular complexity index is 904. The molecule has 0 saturated carbocycles. The van der Waals surface area contributed by atoms with E-state index in [0.29, 0.717) is 5.57 Å². The number of ether oxygens (including phenoxy) is 1. The van der Waals surface area contributed by atoms with Gasteiger partial charge in [-0.25, -0.2) is 0 Å². The van der Waals surface area contributed by atoms with Crippen molar-refractivity contribution >= 4 is 40.2 Å². The number of hydrogen-bond donors (Lipinski definition) is 3. The van der Waals surface area contributed by atoms with Gasteiger partial charge in [0.25, 0.3) is 5.91 Å². The molecule has 3 N–H and O–H groups in total. The molecule has 0 spiro atoms. The molecule has 1 fully saturated rings. The highest BCUT2D eigenvalue weighted by atomic mass is 32.2. The minimum atomic E-state index is -2.22. The number of hydrogen-bond acceptors (Lipinski definition) is 7. The summed E-state index contributed by atoms with van der Waals surface area (Å²) >= 11 is 6.01. The zero-order chi connectivity index (χ0) is 20.3. The van der Waals surface area contributed by atoms with E-state index < -0.39 is 24.2 Å². The Morgan fingerprint density at radius 1 is 1.29 bits per heavy atom. The predicted molar refractivity (Wildman–Crippen MR) is 107 cm³/mol. The second-order valence-electron chi connectivity index (χ2n) is 6.20. The minimum absolute atomic E-state index is 0.00642. The Labute approximate surface area is 170 Å². The first kappa shape index (κ1) is 20.3. The Kier molecular flexibility index (Phi) is 5.99. The van der Waals surface area contributed by atoms with E-state index in [1.807, 2.05) is 30.3 Å². The fraction of sp³-hybridized carbons (Fsp3) is 0.211. The fourth-order valence-corrected chi connectivity index (χ4v) is 3.96. The Balaban J connectivity index is 1.73. The largest absolute Gasteiger partial charge is 0.488 e. The molecule has 1 heterocycles. The molecule has 1 aliphatic carbocycles. The number of benzene rings is 1. The van der Waals surface area contributed by atoms with E-state index in [0.717, 1.165) is 22.2 Å². The van der Waals surface area contributed by atoms with Crippen LogP contribution in [0.5, 0.6) is 0 Å². The number of rotatable bonds is 6. The van der Waals surface area contributed by atoms with E-state index in [9.17, 15) is 19.8 Å². The number of thioether (sulfide) groups is 1. The molecule has 0 bridgehead atoms. The number of allylic oxidation sites excluding steroid dienone is 3. The third-order valence-corrected chi connectivity index (χ3v) is 5.39. The van der Waals surface area contributed by atoms with Gasteiger partial charge in [-0.2, -0.15) is 0 Å². The van der Waals surface area contributed by atoms with Gasteiger partial charge in [-0.3, -0.25) is 14.5 Å². The number of aliphatic carboxylic acids is 1. The van der Waals surface area contributed by atoms with Crippen LogP contribution in [-0.4, -0.2) is 48.7 Å². The Morgan fingerprint density at radius 3 is 2.64 bits per heavy atom. The van der Waals surface area contributed by atoms with E-state index in [1.54, 1.807) is 6.08 Å². The van der Waals surface area contributed by atoms with Crippen molar-refractivity contribution in [2.75, 3.05) is 6.54 Å². The quantitative estimate of drug-likeness (QED) is 0.365. The van der Waals surface area contributed by atoms with Crippen LogP contribution in [0.15, 0.2) is 64.8 Å². The maximum atomic E-state index is 12.3. The molecule has 0 aromatic heterocycles. The number of carboxylic acid groups (broad SMARTS) is 1. The number of carboxylic acids is 1. The Morgan fingerprint density at radius 2 is 2.00 bits per heavy atom. The second kappa shape index (κ2) is 8.27. The lowest BCUT2D eigenvalue weighted by Gasteiger charge is -2.28. The van der Waals surface area contributed by atoms with Gasteiger partial charge in [0.1, 0.15) is 17.5 Å². The van der Waals surface area contributed by atoms with Crippen molar-refractivity contribution < 1.29 is 29.6 Å². The second-order valence-corrected chi connectivity index (χ2v) is 7.88. The van der Waals surface area contributed by atoms with Gasteiger partial charge in [-0.1, -0.05) is 60.4 Å².